The van der Waals surface area contributed by atoms with E-state index >= 15 is 0 Å². The number of carbonyl (C=O) groups is 1. The number of pyridine rings is 1. The molecular formula is C20H21N3O3S. The van der Waals surface area contributed by atoms with E-state index in [1.807, 2.05) is 37.3 Å². The van der Waals surface area contributed by atoms with Gasteiger partial charge < -0.3 is 4.74 Å². The van der Waals surface area contributed by atoms with Crippen molar-refractivity contribution in [3.63, 3.8) is 0 Å². The Hall–Kier alpha value is -2.67. The van der Waals surface area contributed by atoms with Crippen LogP contribution in [0.2, 0.25) is 0 Å². The van der Waals surface area contributed by atoms with Crippen LogP contribution in [0, 0.1) is 6.92 Å². The normalized spacial score (nSPS) is 10.9. The number of carbonyl (C=O) groups excluding carboxylic acids is 1. The minimum Gasteiger partial charge on any atom is -0.466 e. The number of rotatable bonds is 7. The van der Waals surface area contributed by atoms with Gasteiger partial charge in [-0.15, -0.1) is 0 Å². The fourth-order valence-electron chi connectivity index (χ4n) is 2.62. The highest BCUT2D eigenvalue weighted by atomic mass is 32.2. The van der Waals surface area contributed by atoms with Gasteiger partial charge in [-0.25, -0.2) is 14.5 Å². The number of hydrogen-bond acceptors (Lipinski definition) is 6. The SMILES string of the molecule is CCOC(=O)CCCSc1nc2ccccc2c(=O)n1-c1ccc(C)cn1. The Morgan fingerprint density at radius 3 is 2.78 bits per heavy atom. The summed E-state index contributed by atoms with van der Waals surface area (Å²) in [7, 11) is 0. The molecule has 0 aliphatic heterocycles. The minimum absolute atomic E-state index is 0.148. The predicted octanol–water partition coefficient (Wildman–Crippen LogP) is 3.52. The van der Waals surface area contributed by atoms with E-state index in [1.165, 1.54) is 16.3 Å². The monoisotopic (exact) mass is 383 g/mol. The highest BCUT2D eigenvalue weighted by Crippen LogP contribution is 2.21. The fraction of sp³-hybridized carbons (Fsp3) is 0.300. The van der Waals surface area contributed by atoms with Crippen molar-refractivity contribution in [1.29, 1.82) is 0 Å². The van der Waals surface area contributed by atoms with Gasteiger partial charge >= 0.3 is 5.97 Å². The summed E-state index contributed by atoms with van der Waals surface area (Å²) in [6.45, 7) is 4.12. The van der Waals surface area contributed by atoms with Gasteiger partial charge in [0.05, 0.1) is 17.5 Å². The summed E-state index contributed by atoms with van der Waals surface area (Å²) in [5.74, 6) is 0.981. The van der Waals surface area contributed by atoms with Gasteiger partial charge in [0.2, 0.25) is 0 Å². The number of aromatic nitrogens is 3. The molecule has 0 atom stereocenters. The highest BCUT2D eigenvalue weighted by molar-refractivity contribution is 7.99. The van der Waals surface area contributed by atoms with Crippen LogP contribution >= 0.6 is 11.8 Å². The lowest BCUT2D eigenvalue weighted by Crippen LogP contribution is -2.22. The molecular weight excluding hydrogens is 362 g/mol. The molecule has 2 aromatic heterocycles. The smallest absolute Gasteiger partial charge is 0.305 e. The Kier molecular flexibility index (Phi) is 6.24. The fourth-order valence-corrected chi connectivity index (χ4v) is 3.56. The lowest BCUT2D eigenvalue weighted by molar-refractivity contribution is -0.143. The zero-order valence-corrected chi connectivity index (χ0v) is 16.2. The number of ether oxygens (including phenoxy) is 1. The van der Waals surface area contributed by atoms with Gasteiger partial charge in [-0.05, 0) is 44.0 Å². The van der Waals surface area contributed by atoms with Crippen molar-refractivity contribution in [3.05, 3.63) is 58.5 Å². The molecule has 140 valence electrons. The van der Waals surface area contributed by atoms with Gasteiger partial charge in [0.15, 0.2) is 5.16 Å². The molecule has 0 unspecified atom stereocenters. The molecule has 3 rings (SSSR count). The summed E-state index contributed by atoms with van der Waals surface area (Å²) >= 11 is 1.44. The van der Waals surface area contributed by atoms with E-state index in [-0.39, 0.29) is 11.5 Å². The molecule has 0 N–H and O–H groups in total. The summed E-state index contributed by atoms with van der Waals surface area (Å²) in [6.07, 6.45) is 2.72. The van der Waals surface area contributed by atoms with E-state index < -0.39 is 0 Å². The standard InChI is InChI=1S/C20H21N3O3S/c1-3-26-18(24)9-6-12-27-20-22-16-8-5-4-7-15(16)19(25)23(20)17-11-10-14(2)13-21-17/h4-5,7-8,10-11,13H,3,6,9,12H2,1-2H3. The molecule has 2 heterocycles. The Morgan fingerprint density at radius 2 is 2.04 bits per heavy atom. The van der Waals surface area contributed by atoms with Gasteiger partial charge in [0.25, 0.3) is 5.56 Å². The Morgan fingerprint density at radius 1 is 1.22 bits per heavy atom. The third-order valence-corrected chi connectivity index (χ3v) is 4.96. The van der Waals surface area contributed by atoms with Crippen LogP contribution < -0.4 is 5.56 Å². The van der Waals surface area contributed by atoms with E-state index in [1.54, 1.807) is 19.2 Å². The number of fused-ring (bicyclic) bond motifs is 1. The molecule has 0 amide bonds. The van der Waals surface area contributed by atoms with Gasteiger partial charge in [0, 0.05) is 18.4 Å². The number of thioether (sulfide) groups is 1. The van der Waals surface area contributed by atoms with E-state index in [0.29, 0.717) is 47.1 Å². The maximum atomic E-state index is 13.1. The van der Waals surface area contributed by atoms with Crippen LogP contribution in [-0.4, -0.2) is 32.9 Å². The second kappa shape index (κ2) is 8.81. The molecule has 0 aliphatic carbocycles. The molecule has 1 aromatic carbocycles. The van der Waals surface area contributed by atoms with E-state index in [2.05, 4.69) is 9.97 Å². The largest absolute Gasteiger partial charge is 0.466 e. The van der Waals surface area contributed by atoms with Crippen LogP contribution in [0.1, 0.15) is 25.3 Å². The molecule has 0 fully saturated rings. The number of benzene rings is 1. The summed E-state index contributed by atoms with van der Waals surface area (Å²) in [5.41, 5.74) is 1.52. The van der Waals surface area contributed by atoms with Crippen molar-refractivity contribution in [2.24, 2.45) is 0 Å². The van der Waals surface area contributed by atoms with Gasteiger partial charge in [-0.2, -0.15) is 0 Å². The predicted molar refractivity (Wildman–Crippen MR) is 106 cm³/mol. The molecule has 6 nitrogen and oxygen atoms in total. The first-order valence-electron chi connectivity index (χ1n) is 8.83. The average molecular weight is 383 g/mol. The summed E-state index contributed by atoms with van der Waals surface area (Å²) in [5, 5.41) is 1.12. The first-order valence-corrected chi connectivity index (χ1v) is 9.82. The number of para-hydroxylation sites is 1. The molecule has 0 spiro atoms. The van der Waals surface area contributed by atoms with Crippen molar-refractivity contribution in [2.45, 2.75) is 31.8 Å². The highest BCUT2D eigenvalue weighted by Gasteiger charge is 2.14. The quantitative estimate of drug-likeness (QED) is 0.269. The van der Waals surface area contributed by atoms with Crippen molar-refractivity contribution < 1.29 is 9.53 Å². The Balaban J connectivity index is 1.92. The van der Waals surface area contributed by atoms with E-state index in [4.69, 9.17) is 4.74 Å². The molecule has 0 saturated heterocycles. The molecule has 0 aliphatic rings. The van der Waals surface area contributed by atoms with Crippen molar-refractivity contribution in [1.82, 2.24) is 14.5 Å². The van der Waals surface area contributed by atoms with Crippen molar-refractivity contribution in [2.75, 3.05) is 12.4 Å². The Bertz CT molecular complexity index is 1000. The summed E-state index contributed by atoms with van der Waals surface area (Å²) in [4.78, 5) is 33.6. The number of aryl methyl sites for hydroxylation is 1. The number of esters is 1. The van der Waals surface area contributed by atoms with E-state index in [9.17, 15) is 9.59 Å². The molecule has 3 aromatic rings. The first-order chi connectivity index (χ1) is 13.1. The van der Waals surface area contributed by atoms with Gasteiger partial charge in [-0.1, -0.05) is 30.0 Å². The molecule has 0 saturated carbocycles. The van der Waals surface area contributed by atoms with E-state index in [0.717, 1.165) is 5.56 Å². The minimum atomic E-state index is -0.206. The van der Waals surface area contributed by atoms with Crippen LogP contribution in [0.15, 0.2) is 52.5 Å². The summed E-state index contributed by atoms with van der Waals surface area (Å²) in [6, 6.07) is 11.0. The van der Waals surface area contributed by atoms with Crippen LogP contribution in [0.4, 0.5) is 0 Å². The number of hydrogen-bond donors (Lipinski definition) is 0. The molecule has 7 heteroatoms. The maximum Gasteiger partial charge on any atom is 0.305 e. The number of nitrogens with zero attached hydrogens (tertiary/aromatic N) is 3. The maximum absolute atomic E-state index is 13.1. The van der Waals surface area contributed by atoms with Crippen LogP contribution in [0.25, 0.3) is 16.7 Å². The molecule has 0 radical (unpaired) electrons. The zero-order chi connectivity index (χ0) is 19.2. The third kappa shape index (κ3) is 4.54. The second-order valence-electron chi connectivity index (χ2n) is 6.00. The molecule has 27 heavy (non-hydrogen) atoms. The lowest BCUT2D eigenvalue weighted by atomic mass is 10.2. The zero-order valence-electron chi connectivity index (χ0n) is 15.3. The van der Waals surface area contributed by atoms with Crippen LogP contribution in [0.3, 0.4) is 0 Å². The van der Waals surface area contributed by atoms with Gasteiger partial charge in [-0.3, -0.25) is 9.59 Å². The van der Waals surface area contributed by atoms with Crippen molar-refractivity contribution in [3.8, 4) is 5.82 Å². The van der Waals surface area contributed by atoms with Crippen LogP contribution in [-0.2, 0) is 9.53 Å². The van der Waals surface area contributed by atoms with Crippen LogP contribution in [0.5, 0.6) is 0 Å². The third-order valence-electron chi connectivity index (χ3n) is 3.93. The average Bonchev–Trinajstić information content (AvgIpc) is 2.67. The lowest BCUT2D eigenvalue weighted by Gasteiger charge is -2.12. The second-order valence-corrected chi connectivity index (χ2v) is 7.06. The Labute approximate surface area is 161 Å². The van der Waals surface area contributed by atoms with Crippen molar-refractivity contribution >= 4 is 28.6 Å². The first kappa shape index (κ1) is 19.1. The summed E-state index contributed by atoms with van der Waals surface area (Å²) < 4.78 is 6.48. The topological polar surface area (TPSA) is 74.1 Å². The molecule has 0 bridgehead atoms. The van der Waals surface area contributed by atoms with Gasteiger partial charge in [0.1, 0.15) is 5.82 Å².